The molecule has 0 N–H and O–H groups in total. The zero-order valence-electron chi connectivity index (χ0n) is 11.3. The number of piperazine rings is 1. The molecule has 5 heteroatoms. The second kappa shape index (κ2) is 6.39. The number of hydrogen-bond acceptors (Lipinski definition) is 3. The van der Waals surface area contributed by atoms with Crippen LogP contribution in [0.2, 0.25) is 0 Å². The summed E-state index contributed by atoms with van der Waals surface area (Å²) in [5, 5.41) is 0. The van der Waals surface area contributed by atoms with E-state index in [4.69, 9.17) is 4.74 Å². The summed E-state index contributed by atoms with van der Waals surface area (Å²) in [5.41, 5.74) is 0. The zero-order chi connectivity index (χ0) is 13.8. The Labute approximate surface area is 122 Å². The molecule has 1 aromatic carbocycles. The lowest BCUT2D eigenvalue weighted by Gasteiger charge is -2.33. The molecule has 0 saturated carbocycles. The molecule has 2 rings (SSSR count). The molecule has 1 atom stereocenters. The number of likely N-dealkylation sites (N-methyl/N-ethyl adjacent to an activating group) is 1. The van der Waals surface area contributed by atoms with Gasteiger partial charge >= 0.3 is 0 Å². The van der Waals surface area contributed by atoms with E-state index in [9.17, 15) is 4.79 Å². The summed E-state index contributed by atoms with van der Waals surface area (Å²) >= 11 is 3.39. The normalized spacial score (nSPS) is 18.2. The van der Waals surface area contributed by atoms with Crippen molar-refractivity contribution in [2.75, 3.05) is 33.2 Å². The SMILES string of the molecule is C[C@H](Oc1cccc(Br)c1)C(=O)N1CCN(C)CC1. The third kappa shape index (κ3) is 3.94. The van der Waals surface area contributed by atoms with E-state index >= 15 is 0 Å². The monoisotopic (exact) mass is 326 g/mol. The standard InChI is InChI=1S/C14H19BrN2O2/c1-11(19-13-5-3-4-12(15)10-13)14(18)17-8-6-16(2)7-9-17/h3-5,10-11H,6-9H2,1-2H3/t11-/m0/s1. The fourth-order valence-corrected chi connectivity index (χ4v) is 2.46. The van der Waals surface area contributed by atoms with E-state index < -0.39 is 6.10 Å². The highest BCUT2D eigenvalue weighted by atomic mass is 79.9. The quantitative estimate of drug-likeness (QED) is 0.851. The molecule has 1 aliphatic heterocycles. The van der Waals surface area contributed by atoms with Gasteiger partial charge in [-0.05, 0) is 32.2 Å². The van der Waals surface area contributed by atoms with E-state index in [2.05, 4.69) is 27.9 Å². The molecule has 19 heavy (non-hydrogen) atoms. The van der Waals surface area contributed by atoms with Crippen molar-refractivity contribution in [3.05, 3.63) is 28.7 Å². The van der Waals surface area contributed by atoms with Gasteiger partial charge < -0.3 is 14.5 Å². The second-order valence-corrected chi connectivity index (χ2v) is 5.76. The van der Waals surface area contributed by atoms with E-state index in [1.165, 1.54) is 0 Å². The minimum absolute atomic E-state index is 0.0630. The van der Waals surface area contributed by atoms with E-state index in [1.807, 2.05) is 36.1 Å². The zero-order valence-corrected chi connectivity index (χ0v) is 12.9. The topological polar surface area (TPSA) is 32.8 Å². The molecule has 0 unspecified atom stereocenters. The van der Waals surface area contributed by atoms with Crippen LogP contribution in [-0.2, 0) is 4.79 Å². The van der Waals surface area contributed by atoms with Crippen LogP contribution in [0.15, 0.2) is 28.7 Å². The van der Waals surface area contributed by atoms with Gasteiger partial charge in [-0.2, -0.15) is 0 Å². The smallest absolute Gasteiger partial charge is 0.263 e. The van der Waals surface area contributed by atoms with E-state index in [0.29, 0.717) is 5.75 Å². The van der Waals surface area contributed by atoms with Crippen LogP contribution in [0.4, 0.5) is 0 Å². The molecule has 0 aliphatic carbocycles. The highest BCUT2D eigenvalue weighted by Gasteiger charge is 2.24. The molecule has 0 radical (unpaired) electrons. The molecule has 1 saturated heterocycles. The Kier molecular flexibility index (Phi) is 4.82. The first-order chi connectivity index (χ1) is 9.06. The maximum Gasteiger partial charge on any atom is 0.263 e. The van der Waals surface area contributed by atoms with Gasteiger partial charge in [0, 0.05) is 30.7 Å². The fourth-order valence-electron chi connectivity index (χ4n) is 2.08. The van der Waals surface area contributed by atoms with Crippen LogP contribution in [-0.4, -0.2) is 55.0 Å². The molecular weight excluding hydrogens is 308 g/mol. The van der Waals surface area contributed by atoms with Crippen molar-refractivity contribution < 1.29 is 9.53 Å². The van der Waals surface area contributed by atoms with Gasteiger partial charge in [-0.3, -0.25) is 4.79 Å². The fraction of sp³-hybridized carbons (Fsp3) is 0.500. The lowest BCUT2D eigenvalue weighted by Crippen LogP contribution is -2.50. The van der Waals surface area contributed by atoms with Crippen molar-refractivity contribution in [2.45, 2.75) is 13.0 Å². The lowest BCUT2D eigenvalue weighted by atomic mass is 10.2. The number of amides is 1. The maximum atomic E-state index is 12.3. The van der Waals surface area contributed by atoms with Crippen molar-refractivity contribution in [3.8, 4) is 5.75 Å². The van der Waals surface area contributed by atoms with Crippen molar-refractivity contribution in [1.82, 2.24) is 9.80 Å². The van der Waals surface area contributed by atoms with Gasteiger partial charge in [0.25, 0.3) is 5.91 Å². The summed E-state index contributed by atoms with van der Waals surface area (Å²) < 4.78 is 6.65. The molecule has 0 aromatic heterocycles. The van der Waals surface area contributed by atoms with Crippen molar-refractivity contribution >= 4 is 21.8 Å². The molecule has 104 valence electrons. The lowest BCUT2D eigenvalue weighted by molar-refractivity contribution is -0.139. The summed E-state index contributed by atoms with van der Waals surface area (Å²) in [4.78, 5) is 16.4. The van der Waals surface area contributed by atoms with E-state index in [0.717, 1.165) is 30.7 Å². The van der Waals surface area contributed by atoms with Gasteiger partial charge in [0.1, 0.15) is 5.75 Å². The van der Waals surface area contributed by atoms with Crippen LogP contribution < -0.4 is 4.74 Å². The Morgan fingerprint density at radius 1 is 1.32 bits per heavy atom. The Morgan fingerprint density at radius 2 is 2.00 bits per heavy atom. The Balaban J connectivity index is 1.92. The van der Waals surface area contributed by atoms with Crippen LogP contribution in [0.3, 0.4) is 0 Å². The first-order valence-corrected chi connectivity index (χ1v) is 7.25. The number of benzene rings is 1. The summed E-state index contributed by atoms with van der Waals surface area (Å²) in [6.07, 6.45) is -0.447. The van der Waals surface area contributed by atoms with Gasteiger partial charge in [0.15, 0.2) is 6.10 Å². The average molecular weight is 327 g/mol. The number of nitrogens with zero attached hydrogens (tertiary/aromatic N) is 2. The Hall–Kier alpha value is -1.07. The van der Waals surface area contributed by atoms with E-state index in [1.54, 1.807) is 0 Å². The number of ether oxygens (including phenoxy) is 1. The van der Waals surface area contributed by atoms with Crippen LogP contribution in [0.25, 0.3) is 0 Å². The molecule has 1 fully saturated rings. The molecule has 1 aliphatic rings. The van der Waals surface area contributed by atoms with Crippen LogP contribution in [0.1, 0.15) is 6.92 Å². The van der Waals surface area contributed by atoms with Gasteiger partial charge in [-0.1, -0.05) is 22.0 Å². The number of rotatable bonds is 3. The highest BCUT2D eigenvalue weighted by Crippen LogP contribution is 2.19. The Morgan fingerprint density at radius 3 is 2.63 bits per heavy atom. The number of hydrogen-bond donors (Lipinski definition) is 0. The van der Waals surface area contributed by atoms with Gasteiger partial charge in [0.05, 0.1) is 0 Å². The first kappa shape index (κ1) is 14.3. The van der Waals surface area contributed by atoms with Crippen molar-refractivity contribution in [3.63, 3.8) is 0 Å². The largest absolute Gasteiger partial charge is 0.481 e. The predicted octanol–water partition coefficient (Wildman–Crippen LogP) is 1.99. The van der Waals surface area contributed by atoms with Gasteiger partial charge in [0.2, 0.25) is 0 Å². The number of carbonyl (C=O) groups excluding carboxylic acids is 1. The molecular formula is C14H19BrN2O2. The average Bonchev–Trinajstić information content (AvgIpc) is 2.39. The minimum atomic E-state index is -0.447. The molecule has 0 spiro atoms. The molecule has 0 bridgehead atoms. The number of carbonyl (C=O) groups is 1. The van der Waals surface area contributed by atoms with Crippen LogP contribution >= 0.6 is 15.9 Å². The molecule has 4 nitrogen and oxygen atoms in total. The summed E-state index contributed by atoms with van der Waals surface area (Å²) in [6, 6.07) is 7.55. The molecule has 1 heterocycles. The van der Waals surface area contributed by atoms with Crippen molar-refractivity contribution in [1.29, 1.82) is 0 Å². The summed E-state index contributed by atoms with van der Waals surface area (Å²) in [6.45, 7) is 5.22. The third-order valence-electron chi connectivity index (χ3n) is 3.27. The van der Waals surface area contributed by atoms with Crippen molar-refractivity contribution in [2.24, 2.45) is 0 Å². The van der Waals surface area contributed by atoms with Crippen LogP contribution in [0.5, 0.6) is 5.75 Å². The first-order valence-electron chi connectivity index (χ1n) is 6.46. The summed E-state index contributed by atoms with van der Waals surface area (Å²) in [7, 11) is 2.07. The Bertz CT molecular complexity index is 445. The minimum Gasteiger partial charge on any atom is -0.481 e. The molecule has 1 aromatic rings. The van der Waals surface area contributed by atoms with E-state index in [-0.39, 0.29) is 5.91 Å². The van der Waals surface area contributed by atoms with Gasteiger partial charge in [-0.25, -0.2) is 0 Å². The number of halogens is 1. The maximum absolute atomic E-state index is 12.3. The second-order valence-electron chi connectivity index (χ2n) is 4.85. The molecule has 1 amide bonds. The highest BCUT2D eigenvalue weighted by molar-refractivity contribution is 9.10. The predicted molar refractivity (Wildman–Crippen MR) is 78.3 cm³/mol. The van der Waals surface area contributed by atoms with Gasteiger partial charge in [-0.15, -0.1) is 0 Å². The van der Waals surface area contributed by atoms with Crippen LogP contribution in [0, 0.1) is 0 Å². The third-order valence-corrected chi connectivity index (χ3v) is 3.76. The summed E-state index contributed by atoms with van der Waals surface area (Å²) in [5.74, 6) is 0.775.